The Hall–Kier alpha value is -2.93. The Morgan fingerprint density at radius 3 is 2.88 bits per heavy atom. The smallest absolute Gasteiger partial charge is 0.267 e. The van der Waals surface area contributed by atoms with E-state index in [9.17, 15) is 9.59 Å². The van der Waals surface area contributed by atoms with Gasteiger partial charge in [0.1, 0.15) is 6.54 Å². The van der Waals surface area contributed by atoms with Gasteiger partial charge >= 0.3 is 0 Å². The maximum atomic E-state index is 12.2. The van der Waals surface area contributed by atoms with Crippen molar-refractivity contribution in [2.24, 2.45) is 0 Å². The molecule has 0 aliphatic rings. The van der Waals surface area contributed by atoms with Crippen molar-refractivity contribution < 1.29 is 4.79 Å². The van der Waals surface area contributed by atoms with Crippen molar-refractivity contribution in [1.29, 1.82) is 0 Å². The first-order valence-corrected chi connectivity index (χ1v) is 7.55. The van der Waals surface area contributed by atoms with E-state index in [1.807, 2.05) is 6.92 Å². The summed E-state index contributed by atoms with van der Waals surface area (Å²) in [5.41, 5.74) is 1.10. The molecule has 3 rings (SSSR count). The van der Waals surface area contributed by atoms with E-state index in [1.165, 1.54) is 10.7 Å². The molecular weight excluding hydrogens is 330 g/mol. The zero-order chi connectivity index (χ0) is 17.1. The molecule has 0 fully saturated rings. The lowest BCUT2D eigenvalue weighted by atomic mass is 10.2. The fourth-order valence-electron chi connectivity index (χ4n) is 2.13. The van der Waals surface area contributed by atoms with Gasteiger partial charge in [0.15, 0.2) is 5.82 Å². The predicted octanol–water partition coefficient (Wildman–Crippen LogP) is 2.03. The van der Waals surface area contributed by atoms with E-state index < -0.39 is 0 Å². The maximum Gasteiger partial charge on any atom is 0.267 e. The molecule has 1 amide bonds. The fourth-order valence-corrected chi connectivity index (χ4v) is 2.30. The first kappa shape index (κ1) is 15.9. The van der Waals surface area contributed by atoms with Gasteiger partial charge in [-0.2, -0.15) is 5.10 Å². The van der Waals surface area contributed by atoms with Crippen LogP contribution in [-0.4, -0.2) is 25.5 Å². The molecule has 0 aliphatic carbocycles. The van der Waals surface area contributed by atoms with Gasteiger partial charge in [-0.05, 0) is 36.8 Å². The second-order valence-electron chi connectivity index (χ2n) is 5.15. The van der Waals surface area contributed by atoms with Crippen molar-refractivity contribution in [3.8, 4) is 5.82 Å². The monoisotopic (exact) mass is 343 g/mol. The number of nitrogens with one attached hydrogen (secondary N) is 1. The molecule has 2 heterocycles. The molecule has 0 radical (unpaired) electrons. The zero-order valence-electron chi connectivity index (χ0n) is 12.8. The van der Waals surface area contributed by atoms with Gasteiger partial charge in [0.2, 0.25) is 5.91 Å². The Balaban J connectivity index is 1.80. The lowest BCUT2D eigenvalue weighted by molar-refractivity contribution is -0.117. The van der Waals surface area contributed by atoms with Gasteiger partial charge in [-0.1, -0.05) is 17.7 Å². The summed E-state index contributed by atoms with van der Waals surface area (Å²) in [5.74, 6) is 0.0823. The highest BCUT2D eigenvalue weighted by Gasteiger charge is 2.10. The molecule has 0 bridgehead atoms. The number of aromatic nitrogens is 4. The highest BCUT2D eigenvalue weighted by molar-refractivity contribution is 6.31. The van der Waals surface area contributed by atoms with Gasteiger partial charge in [0.05, 0.1) is 0 Å². The standard InChI is InChI=1S/C16H14ClN5O2/c1-11-3-4-12(17)9-13(11)19-15(23)10-22-16(24)6-5-14(20-22)21-8-2-7-18-21/h2-9H,10H2,1H3,(H,19,23). The van der Waals surface area contributed by atoms with Crippen molar-refractivity contribution in [2.45, 2.75) is 13.5 Å². The van der Waals surface area contributed by atoms with Gasteiger partial charge in [0.25, 0.3) is 5.56 Å². The van der Waals surface area contributed by atoms with Crippen LogP contribution in [0.2, 0.25) is 5.02 Å². The largest absolute Gasteiger partial charge is 0.324 e. The average Bonchev–Trinajstić information content (AvgIpc) is 3.07. The minimum Gasteiger partial charge on any atom is -0.324 e. The molecule has 122 valence electrons. The Kier molecular flexibility index (Phi) is 4.43. The molecule has 0 saturated carbocycles. The molecular formula is C16H14ClN5O2. The number of halogens is 1. The summed E-state index contributed by atoms with van der Waals surface area (Å²) in [6.07, 6.45) is 3.30. The SMILES string of the molecule is Cc1ccc(Cl)cc1NC(=O)Cn1nc(-n2cccn2)ccc1=O. The van der Waals surface area contributed by atoms with Crippen LogP contribution in [0, 0.1) is 6.92 Å². The van der Waals surface area contributed by atoms with Gasteiger partial charge in [0, 0.05) is 29.2 Å². The lowest BCUT2D eigenvalue weighted by Gasteiger charge is -2.10. The van der Waals surface area contributed by atoms with E-state index in [2.05, 4.69) is 15.5 Å². The minimum atomic E-state index is -0.371. The Morgan fingerprint density at radius 2 is 2.12 bits per heavy atom. The molecule has 0 saturated heterocycles. The Bertz CT molecular complexity index is 934. The number of hydrogen-bond donors (Lipinski definition) is 1. The van der Waals surface area contributed by atoms with Gasteiger partial charge in [-0.25, -0.2) is 9.36 Å². The zero-order valence-corrected chi connectivity index (χ0v) is 13.6. The number of nitrogens with zero attached hydrogens (tertiary/aromatic N) is 4. The fraction of sp³-hybridized carbons (Fsp3) is 0.125. The van der Waals surface area contributed by atoms with Gasteiger partial charge < -0.3 is 5.32 Å². The van der Waals surface area contributed by atoms with E-state index in [1.54, 1.807) is 42.7 Å². The summed E-state index contributed by atoms with van der Waals surface area (Å²) < 4.78 is 2.60. The van der Waals surface area contributed by atoms with Crippen LogP contribution >= 0.6 is 11.6 Å². The summed E-state index contributed by atoms with van der Waals surface area (Å²) in [6.45, 7) is 1.65. The van der Waals surface area contributed by atoms with Crippen molar-refractivity contribution in [1.82, 2.24) is 19.6 Å². The Labute approximate surface area is 142 Å². The number of benzene rings is 1. The van der Waals surface area contributed by atoms with Crippen LogP contribution in [0.1, 0.15) is 5.56 Å². The summed E-state index contributed by atoms with van der Waals surface area (Å²) in [6, 6.07) is 9.84. The van der Waals surface area contributed by atoms with Crippen molar-refractivity contribution in [2.75, 3.05) is 5.32 Å². The topological polar surface area (TPSA) is 81.8 Å². The van der Waals surface area contributed by atoms with Crippen LogP contribution in [0.15, 0.2) is 53.6 Å². The van der Waals surface area contributed by atoms with Crippen LogP contribution in [0.25, 0.3) is 5.82 Å². The quantitative estimate of drug-likeness (QED) is 0.785. The third-order valence-corrected chi connectivity index (χ3v) is 3.59. The molecule has 0 atom stereocenters. The number of amides is 1. The van der Waals surface area contributed by atoms with Gasteiger partial charge in [-0.15, -0.1) is 5.10 Å². The average molecular weight is 344 g/mol. The third kappa shape index (κ3) is 3.52. The molecule has 0 spiro atoms. The molecule has 2 aromatic heterocycles. The Morgan fingerprint density at radius 1 is 1.29 bits per heavy atom. The van der Waals surface area contributed by atoms with Crippen LogP contribution in [0.3, 0.4) is 0 Å². The first-order chi connectivity index (χ1) is 11.5. The number of anilines is 1. The summed E-state index contributed by atoms with van der Waals surface area (Å²) in [7, 11) is 0. The normalized spacial score (nSPS) is 10.6. The summed E-state index contributed by atoms with van der Waals surface area (Å²) >= 11 is 5.93. The molecule has 0 unspecified atom stereocenters. The lowest BCUT2D eigenvalue weighted by Crippen LogP contribution is -2.30. The molecule has 7 nitrogen and oxygen atoms in total. The van der Waals surface area contributed by atoms with Crippen LogP contribution in [0.4, 0.5) is 5.69 Å². The van der Waals surface area contributed by atoms with Crippen LogP contribution < -0.4 is 10.9 Å². The number of carbonyl (C=O) groups is 1. The third-order valence-electron chi connectivity index (χ3n) is 3.36. The minimum absolute atomic E-state index is 0.208. The van der Waals surface area contributed by atoms with Gasteiger partial charge in [-0.3, -0.25) is 9.59 Å². The molecule has 24 heavy (non-hydrogen) atoms. The molecule has 3 aromatic rings. The van der Waals surface area contributed by atoms with Crippen LogP contribution in [0.5, 0.6) is 0 Å². The second kappa shape index (κ2) is 6.67. The van der Waals surface area contributed by atoms with Crippen molar-refractivity contribution in [3.05, 3.63) is 69.7 Å². The highest BCUT2D eigenvalue weighted by atomic mass is 35.5. The molecule has 1 aromatic carbocycles. The van der Waals surface area contributed by atoms with Crippen molar-refractivity contribution >= 4 is 23.2 Å². The van der Waals surface area contributed by atoms with E-state index in [0.29, 0.717) is 16.5 Å². The van der Waals surface area contributed by atoms with E-state index in [4.69, 9.17) is 11.6 Å². The predicted molar refractivity (Wildman–Crippen MR) is 90.4 cm³/mol. The summed E-state index contributed by atoms with van der Waals surface area (Å²) in [4.78, 5) is 24.1. The van der Waals surface area contributed by atoms with Crippen LogP contribution in [-0.2, 0) is 11.3 Å². The summed E-state index contributed by atoms with van der Waals surface area (Å²) in [5, 5.41) is 11.5. The van der Waals surface area contributed by atoms with E-state index >= 15 is 0 Å². The number of carbonyl (C=O) groups excluding carboxylic acids is 1. The number of hydrogen-bond acceptors (Lipinski definition) is 4. The second-order valence-corrected chi connectivity index (χ2v) is 5.58. The van der Waals surface area contributed by atoms with Crippen molar-refractivity contribution in [3.63, 3.8) is 0 Å². The number of aryl methyl sites for hydroxylation is 1. The van der Waals surface area contributed by atoms with E-state index in [0.717, 1.165) is 10.2 Å². The number of rotatable bonds is 4. The van der Waals surface area contributed by atoms with E-state index in [-0.39, 0.29) is 18.0 Å². The first-order valence-electron chi connectivity index (χ1n) is 7.17. The maximum absolute atomic E-state index is 12.2. The molecule has 0 aliphatic heterocycles. The molecule has 1 N–H and O–H groups in total. The molecule has 8 heteroatoms. The highest BCUT2D eigenvalue weighted by Crippen LogP contribution is 2.20.